The summed E-state index contributed by atoms with van der Waals surface area (Å²) in [6.07, 6.45) is 3.64. The molecule has 2 rings (SSSR count). The molecule has 0 spiro atoms. The van der Waals surface area contributed by atoms with Gasteiger partial charge in [-0.15, -0.1) is 16.4 Å². The minimum Gasteiger partial charge on any atom is -0.469 e. The minimum absolute atomic E-state index is 0.206. The van der Waals surface area contributed by atoms with Crippen molar-refractivity contribution >= 4 is 22.4 Å². The van der Waals surface area contributed by atoms with Gasteiger partial charge in [0.1, 0.15) is 0 Å². The summed E-state index contributed by atoms with van der Waals surface area (Å²) in [5.41, 5.74) is 0.718. The zero-order valence-corrected chi connectivity index (χ0v) is 10.7. The normalized spacial score (nSPS) is 10.3. The van der Waals surface area contributed by atoms with E-state index < -0.39 is 0 Å². The largest absolute Gasteiger partial charge is 0.469 e. The lowest BCUT2D eigenvalue weighted by atomic mass is 10.3. The number of rotatable bonds is 6. The van der Waals surface area contributed by atoms with Crippen molar-refractivity contribution in [1.82, 2.24) is 20.0 Å². The number of thiazole rings is 1. The molecule has 2 aromatic rings. The molecule has 8 heteroatoms. The predicted octanol–water partition coefficient (Wildman–Crippen LogP) is 0.562. The first kappa shape index (κ1) is 12.5. The summed E-state index contributed by atoms with van der Waals surface area (Å²) in [6, 6.07) is 0. The molecule has 2 aromatic heterocycles. The van der Waals surface area contributed by atoms with E-state index in [-0.39, 0.29) is 12.4 Å². The number of anilines is 1. The van der Waals surface area contributed by atoms with Crippen LogP contribution in [0.4, 0.5) is 5.13 Å². The number of methoxy groups -OCH3 is 1. The fourth-order valence-electron chi connectivity index (χ4n) is 1.32. The van der Waals surface area contributed by atoms with Crippen molar-refractivity contribution in [2.75, 3.05) is 19.0 Å². The monoisotopic (exact) mass is 267 g/mol. The molecular formula is C10H13N5O2S. The third-order valence-corrected chi connectivity index (χ3v) is 3.04. The van der Waals surface area contributed by atoms with Crippen molar-refractivity contribution in [3.63, 3.8) is 0 Å². The lowest BCUT2D eigenvalue weighted by Gasteiger charge is -2.01. The van der Waals surface area contributed by atoms with Gasteiger partial charge in [-0.3, -0.25) is 9.48 Å². The summed E-state index contributed by atoms with van der Waals surface area (Å²) in [5.74, 6) is -0.283. The molecular weight excluding hydrogens is 254 g/mol. The molecule has 2 heterocycles. The maximum absolute atomic E-state index is 11.1. The van der Waals surface area contributed by atoms with Gasteiger partial charge in [-0.1, -0.05) is 5.21 Å². The van der Waals surface area contributed by atoms with Gasteiger partial charge in [0.25, 0.3) is 0 Å². The highest BCUT2D eigenvalue weighted by Gasteiger charge is 2.07. The zero-order chi connectivity index (χ0) is 12.8. The van der Waals surface area contributed by atoms with Crippen LogP contribution in [-0.2, 0) is 22.5 Å². The molecule has 96 valence electrons. The van der Waals surface area contributed by atoms with E-state index in [0.717, 1.165) is 10.8 Å². The number of hydrogen-bond acceptors (Lipinski definition) is 7. The smallest absolute Gasteiger partial charge is 0.311 e. The second-order valence-electron chi connectivity index (χ2n) is 3.49. The molecule has 0 aliphatic rings. The average molecular weight is 267 g/mol. The van der Waals surface area contributed by atoms with E-state index in [9.17, 15) is 4.79 Å². The van der Waals surface area contributed by atoms with Crippen LogP contribution < -0.4 is 5.32 Å². The number of hydrogen-bond donors (Lipinski definition) is 1. The predicted molar refractivity (Wildman–Crippen MR) is 66.3 cm³/mol. The van der Waals surface area contributed by atoms with Gasteiger partial charge in [0.2, 0.25) is 0 Å². The van der Waals surface area contributed by atoms with Crippen LogP contribution in [0.2, 0.25) is 0 Å². The van der Waals surface area contributed by atoms with Gasteiger partial charge < -0.3 is 10.1 Å². The lowest BCUT2D eigenvalue weighted by molar-refractivity contribution is -0.139. The van der Waals surface area contributed by atoms with Gasteiger partial charge in [0.05, 0.1) is 32.0 Å². The van der Waals surface area contributed by atoms with E-state index in [4.69, 9.17) is 0 Å². The summed E-state index contributed by atoms with van der Waals surface area (Å²) in [5, 5.41) is 13.4. The van der Waals surface area contributed by atoms with Crippen LogP contribution in [0, 0.1) is 0 Å². The van der Waals surface area contributed by atoms with E-state index in [1.807, 2.05) is 5.38 Å². The highest BCUT2D eigenvalue weighted by molar-refractivity contribution is 7.13. The second kappa shape index (κ2) is 6.10. The zero-order valence-electron chi connectivity index (χ0n) is 9.87. The molecule has 18 heavy (non-hydrogen) atoms. The van der Waals surface area contributed by atoms with Crippen molar-refractivity contribution in [2.45, 2.75) is 13.0 Å². The van der Waals surface area contributed by atoms with Crippen LogP contribution in [0.5, 0.6) is 0 Å². The van der Waals surface area contributed by atoms with Gasteiger partial charge in [0.15, 0.2) is 5.13 Å². The van der Waals surface area contributed by atoms with Crippen molar-refractivity contribution in [3.8, 4) is 0 Å². The molecule has 0 fully saturated rings. The van der Waals surface area contributed by atoms with Gasteiger partial charge in [0, 0.05) is 18.1 Å². The van der Waals surface area contributed by atoms with Crippen LogP contribution >= 0.6 is 11.3 Å². The maximum atomic E-state index is 11.1. The Morgan fingerprint density at radius 1 is 1.61 bits per heavy atom. The van der Waals surface area contributed by atoms with E-state index in [1.54, 1.807) is 17.1 Å². The molecule has 0 unspecified atom stereocenters. The number of carbonyl (C=O) groups excluding carboxylic acids is 1. The third kappa shape index (κ3) is 3.52. The number of nitrogens with one attached hydrogen (secondary N) is 1. The third-order valence-electron chi connectivity index (χ3n) is 2.19. The topological polar surface area (TPSA) is 81.9 Å². The van der Waals surface area contributed by atoms with Crippen LogP contribution in [0.3, 0.4) is 0 Å². The van der Waals surface area contributed by atoms with Crippen molar-refractivity contribution < 1.29 is 9.53 Å². The van der Waals surface area contributed by atoms with E-state index in [2.05, 4.69) is 25.3 Å². The van der Waals surface area contributed by atoms with Gasteiger partial charge in [-0.25, -0.2) is 4.98 Å². The van der Waals surface area contributed by atoms with E-state index >= 15 is 0 Å². The summed E-state index contributed by atoms with van der Waals surface area (Å²) >= 11 is 1.46. The SMILES string of the molecule is COC(=O)Cc1csc(NCCn2ccnn2)n1. The standard InChI is InChI=1S/C10H13N5O2S/c1-17-9(16)6-8-7-18-10(13-8)11-2-4-15-5-3-12-14-15/h3,5,7H,2,4,6H2,1H3,(H,11,13). The summed E-state index contributed by atoms with van der Waals surface area (Å²) in [6.45, 7) is 1.42. The lowest BCUT2D eigenvalue weighted by Crippen LogP contribution is -2.11. The Morgan fingerprint density at radius 3 is 3.22 bits per heavy atom. The Kier molecular flexibility index (Phi) is 4.24. The van der Waals surface area contributed by atoms with Crippen LogP contribution in [0.25, 0.3) is 0 Å². The summed E-state index contributed by atoms with van der Waals surface area (Å²) < 4.78 is 6.31. The second-order valence-corrected chi connectivity index (χ2v) is 4.35. The Labute approximate surface area is 108 Å². The Balaban J connectivity index is 1.78. The average Bonchev–Trinajstić information content (AvgIpc) is 3.01. The van der Waals surface area contributed by atoms with Crippen molar-refractivity contribution in [3.05, 3.63) is 23.5 Å². The molecule has 0 atom stereocenters. The van der Waals surface area contributed by atoms with Gasteiger partial charge in [-0.2, -0.15) is 0 Å². The van der Waals surface area contributed by atoms with Crippen molar-refractivity contribution in [2.24, 2.45) is 0 Å². The number of aromatic nitrogens is 4. The van der Waals surface area contributed by atoms with Gasteiger partial charge in [-0.05, 0) is 0 Å². The first-order valence-corrected chi connectivity index (χ1v) is 6.25. The number of carbonyl (C=O) groups is 1. The van der Waals surface area contributed by atoms with Crippen molar-refractivity contribution in [1.29, 1.82) is 0 Å². The van der Waals surface area contributed by atoms with E-state index in [1.165, 1.54) is 18.4 Å². The van der Waals surface area contributed by atoms with Crippen LogP contribution in [-0.4, -0.2) is 39.6 Å². The molecule has 0 saturated heterocycles. The molecule has 0 bridgehead atoms. The molecule has 0 amide bonds. The van der Waals surface area contributed by atoms with Crippen LogP contribution in [0.1, 0.15) is 5.69 Å². The number of nitrogens with zero attached hydrogens (tertiary/aromatic N) is 4. The molecule has 0 aromatic carbocycles. The number of ether oxygens (including phenoxy) is 1. The molecule has 0 aliphatic carbocycles. The quantitative estimate of drug-likeness (QED) is 0.770. The van der Waals surface area contributed by atoms with E-state index in [0.29, 0.717) is 13.1 Å². The summed E-state index contributed by atoms with van der Waals surface area (Å²) in [4.78, 5) is 15.3. The van der Waals surface area contributed by atoms with Crippen LogP contribution in [0.15, 0.2) is 17.8 Å². The highest BCUT2D eigenvalue weighted by atomic mass is 32.1. The van der Waals surface area contributed by atoms with Gasteiger partial charge >= 0.3 is 5.97 Å². The Hall–Kier alpha value is -1.96. The molecule has 0 saturated carbocycles. The molecule has 1 N–H and O–H groups in total. The molecule has 7 nitrogen and oxygen atoms in total. The highest BCUT2D eigenvalue weighted by Crippen LogP contribution is 2.15. The first-order chi connectivity index (χ1) is 8.78. The number of esters is 1. The minimum atomic E-state index is -0.283. The fraction of sp³-hybridized carbons (Fsp3) is 0.400. The summed E-state index contributed by atoms with van der Waals surface area (Å²) in [7, 11) is 1.37. The maximum Gasteiger partial charge on any atom is 0.311 e. The molecule has 0 radical (unpaired) electrons. The fourth-order valence-corrected chi connectivity index (χ4v) is 2.06. The molecule has 0 aliphatic heterocycles. The Bertz CT molecular complexity index is 496. The first-order valence-electron chi connectivity index (χ1n) is 5.37. The Morgan fingerprint density at radius 2 is 2.50 bits per heavy atom.